The molecule has 3 rings (SSSR count). The quantitative estimate of drug-likeness (QED) is 0.508. The second-order valence-electron chi connectivity index (χ2n) is 5.76. The Hall–Kier alpha value is -3.68. The lowest BCUT2D eigenvalue weighted by atomic mass is 10.0. The molecule has 0 aliphatic carbocycles. The Morgan fingerprint density at radius 2 is 2.04 bits per heavy atom. The Morgan fingerprint density at radius 3 is 2.74 bits per heavy atom. The van der Waals surface area contributed by atoms with Crippen molar-refractivity contribution >= 4 is 28.6 Å². The van der Waals surface area contributed by atoms with Crippen molar-refractivity contribution in [2.45, 2.75) is 13.3 Å². The van der Waals surface area contributed by atoms with Crippen molar-refractivity contribution in [2.24, 2.45) is 0 Å². The highest BCUT2D eigenvalue weighted by Gasteiger charge is 2.21. The van der Waals surface area contributed by atoms with Gasteiger partial charge in [0.25, 0.3) is 5.88 Å². The Bertz CT molecular complexity index is 1090. The van der Waals surface area contributed by atoms with Crippen LogP contribution in [-0.2, 0) is 0 Å². The third kappa shape index (κ3) is 3.79. The highest BCUT2D eigenvalue weighted by molar-refractivity contribution is 5.95. The lowest BCUT2D eigenvalue weighted by molar-refractivity contribution is -0.387. The van der Waals surface area contributed by atoms with Crippen molar-refractivity contribution in [1.82, 2.24) is 9.97 Å². The molecule has 3 aromatic rings. The van der Waals surface area contributed by atoms with Gasteiger partial charge in [-0.2, -0.15) is 4.98 Å². The zero-order valence-corrected chi connectivity index (χ0v) is 14.5. The molecule has 0 bridgehead atoms. The molecule has 0 amide bonds. The largest absolute Gasteiger partial charge is 0.493 e. The van der Waals surface area contributed by atoms with Gasteiger partial charge in [0.2, 0.25) is 0 Å². The second kappa shape index (κ2) is 7.69. The van der Waals surface area contributed by atoms with Crippen LogP contribution in [0.2, 0.25) is 0 Å². The van der Waals surface area contributed by atoms with Gasteiger partial charge in [-0.25, -0.2) is 0 Å². The highest BCUT2D eigenvalue weighted by Crippen LogP contribution is 2.30. The number of hydrogen-bond acceptors (Lipinski definition) is 6. The fraction of sp³-hybridized carbons (Fsp3) is 0.158. The van der Waals surface area contributed by atoms with Crippen LogP contribution in [0.1, 0.15) is 24.7 Å². The molecule has 0 atom stereocenters. The number of benzene rings is 2. The smallest absolute Gasteiger partial charge is 0.395 e. The van der Waals surface area contributed by atoms with Crippen LogP contribution >= 0.6 is 0 Å². The molecular formula is C19H17N3O5. The van der Waals surface area contributed by atoms with Gasteiger partial charge in [-0.3, -0.25) is 14.9 Å². The first kappa shape index (κ1) is 18.1. The van der Waals surface area contributed by atoms with Gasteiger partial charge in [-0.15, -0.1) is 0 Å². The minimum absolute atomic E-state index is 0.00234. The van der Waals surface area contributed by atoms with Gasteiger partial charge >= 0.3 is 11.2 Å². The molecule has 0 radical (unpaired) electrons. The molecule has 1 aromatic heterocycles. The minimum atomic E-state index is -1.02. The summed E-state index contributed by atoms with van der Waals surface area (Å²) in [6.45, 7) is 2.55. The van der Waals surface area contributed by atoms with E-state index in [4.69, 9.17) is 4.74 Å². The number of hydrogen-bond donors (Lipinski definition) is 2. The summed E-state index contributed by atoms with van der Waals surface area (Å²) in [5, 5.41) is 22.4. The SMILES string of the molecule is CCCOc1ccc2ccccc2c1C=Cc1nc(O)c([N+](=O)[O-])c(=O)[nH]1. The Labute approximate surface area is 153 Å². The number of rotatable bonds is 6. The monoisotopic (exact) mass is 367 g/mol. The zero-order valence-electron chi connectivity index (χ0n) is 14.5. The molecule has 27 heavy (non-hydrogen) atoms. The molecule has 0 aliphatic heterocycles. The van der Waals surface area contributed by atoms with Crippen LogP contribution in [0.25, 0.3) is 22.9 Å². The van der Waals surface area contributed by atoms with Crippen molar-refractivity contribution in [2.75, 3.05) is 6.61 Å². The number of aromatic nitrogens is 2. The molecule has 0 unspecified atom stereocenters. The third-order valence-electron chi connectivity index (χ3n) is 3.88. The van der Waals surface area contributed by atoms with Gasteiger partial charge in [-0.1, -0.05) is 37.3 Å². The van der Waals surface area contributed by atoms with Crippen LogP contribution in [0.4, 0.5) is 5.69 Å². The predicted molar refractivity (Wildman–Crippen MR) is 102 cm³/mol. The van der Waals surface area contributed by atoms with E-state index in [2.05, 4.69) is 9.97 Å². The number of nitrogens with zero attached hydrogens (tertiary/aromatic N) is 2. The topological polar surface area (TPSA) is 118 Å². The van der Waals surface area contributed by atoms with Gasteiger partial charge in [0.15, 0.2) is 0 Å². The van der Waals surface area contributed by atoms with Crippen LogP contribution < -0.4 is 10.3 Å². The summed E-state index contributed by atoms with van der Waals surface area (Å²) in [7, 11) is 0. The van der Waals surface area contributed by atoms with Crippen LogP contribution in [0.15, 0.2) is 41.2 Å². The number of nitro groups is 1. The standard InChI is InChI=1S/C19H17N3O5/c1-2-11-27-15-9-7-12-5-3-4-6-13(12)14(15)8-10-16-20-18(23)17(22(25)26)19(24)21-16/h3-10H,2,11H2,1H3,(H2,20,21,23,24). The number of fused-ring (bicyclic) bond motifs is 1. The van der Waals surface area contributed by atoms with E-state index in [0.717, 1.165) is 22.8 Å². The first-order chi connectivity index (χ1) is 13.0. The van der Waals surface area contributed by atoms with Gasteiger partial charge in [0.1, 0.15) is 11.6 Å². The summed E-state index contributed by atoms with van der Waals surface area (Å²) in [5.41, 5.74) is -1.22. The van der Waals surface area contributed by atoms with Crippen molar-refractivity contribution in [1.29, 1.82) is 0 Å². The van der Waals surface area contributed by atoms with Gasteiger partial charge in [0.05, 0.1) is 11.5 Å². The summed E-state index contributed by atoms with van der Waals surface area (Å²) in [6.07, 6.45) is 4.00. The van der Waals surface area contributed by atoms with Gasteiger partial charge in [-0.05, 0) is 35.4 Å². The van der Waals surface area contributed by atoms with E-state index in [0.29, 0.717) is 12.4 Å². The molecular weight excluding hydrogens is 350 g/mol. The molecule has 1 heterocycles. The molecule has 0 fully saturated rings. The molecule has 2 aromatic carbocycles. The van der Waals surface area contributed by atoms with Crippen molar-refractivity contribution in [3.63, 3.8) is 0 Å². The average Bonchev–Trinajstić information content (AvgIpc) is 2.64. The van der Waals surface area contributed by atoms with Crippen molar-refractivity contribution < 1.29 is 14.8 Å². The van der Waals surface area contributed by atoms with E-state index < -0.39 is 22.0 Å². The Morgan fingerprint density at radius 1 is 1.26 bits per heavy atom. The normalized spacial score (nSPS) is 11.1. The maximum absolute atomic E-state index is 11.8. The van der Waals surface area contributed by atoms with Crippen molar-refractivity contribution in [3.05, 3.63) is 68.3 Å². The van der Waals surface area contributed by atoms with Crippen LogP contribution in [0.5, 0.6) is 11.6 Å². The van der Waals surface area contributed by atoms with Crippen molar-refractivity contribution in [3.8, 4) is 11.6 Å². The average molecular weight is 367 g/mol. The van der Waals surface area contributed by atoms with Crippen LogP contribution in [-0.4, -0.2) is 26.6 Å². The molecule has 8 nitrogen and oxygen atoms in total. The fourth-order valence-corrected chi connectivity index (χ4v) is 2.66. The number of H-pyrrole nitrogens is 1. The summed E-state index contributed by atoms with van der Waals surface area (Å²) >= 11 is 0. The number of nitrogens with one attached hydrogen (secondary N) is 1. The second-order valence-corrected chi connectivity index (χ2v) is 5.76. The van der Waals surface area contributed by atoms with E-state index in [1.807, 2.05) is 43.3 Å². The lowest BCUT2D eigenvalue weighted by Crippen LogP contribution is -2.14. The molecule has 0 spiro atoms. The van der Waals surface area contributed by atoms with Crippen LogP contribution in [0.3, 0.4) is 0 Å². The molecule has 0 saturated heterocycles. The van der Waals surface area contributed by atoms with E-state index in [1.54, 1.807) is 6.08 Å². The molecule has 0 saturated carbocycles. The van der Waals surface area contributed by atoms with Crippen LogP contribution in [0, 0.1) is 10.1 Å². The summed E-state index contributed by atoms with van der Waals surface area (Å²) in [4.78, 5) is 27.5. The van der Waals surface area contributed by atoms with E-state index in [1.165, 1.54) is 6.08 Å². The van der Waals surface area contributed by atoms with Gasteiger partial charge in [0, 0.05) is 5.56 Å². The molecule has 0 aliphatic rings. The predicted octanol–water partition coefficient (Wildman–Crippen LogP) is 3.50. The Balaban J connectivity index is 2.07. The first-order valence-electron chi connectivity index (χ1n) is 8.31. The fourth-order valence-electron chi connectivity index (χ4n) is 2.66. The summed E-state index contributed by atoms with van der Waals surface area (Å²) < 4.78 is 5.80. The van der Waals surface area contributed by atoms with Gasteiger partial charge < -0.3 is 14.8 Å². The third-order valence-corrected chi connectivity index (χ3v) is 3.88. The van der Waals surface area contributed by atoms with E-state index in [-0.39, 0.29) is 5.82 Å². The van der Waals surface area contributed by atoms with E-state index >= 15 is 0 Å². The maximum atomic E-state index is 11.8. The molecule has 2 N–H and O–H groups in total. The molecule has 138 valence electrons. The maximum Gasteiger partial charge on any atom is 0.395 e. The van der Waals surface area contributed by atoms with E-state index in [9.17, 15) is 20.0 Å². The zero-order chi connectivity index (χ0) is 19.4. The lowest BCUT2D eigenvalue weighted by Gasteiger charge is -2.11. The summed E-state index contributed by atoms with van der Waals surface area (Å²) in [6, 6.07) is 11.6. The number of ether oxygens (including phenoxy) is 1. The summed E-state index contributed by atoms with van der Waals surface area (Å²) in [5.74, 6) is -0.262. The Kier molecular flexibility index (Phi) is 5.16. The molecule has 8 heteroatoms. The highest BCUT2D eigenvalue weighted by atomic mass is 16.6. The number of aromatic hydroxyl groups is 1. The number of aromatic amines is 1. The first-order valence-corrected chi connectivity index (χ1v) is 8.31. The minimum Gasteiger partial charge on any atom is -0.493 e.